The number of hydrogen-bond donors (Lipinski definition) is 1. The summed E-state index contributed by atoms with van der Waals surface area (Å²) in [5.41, 5.74) is 1.73. The van der Waals surface area contributed by atoms with Gasteiger partial charge in [-0.3, -0.25) is 13.9 Å². The van der Waals surface area contributed by atoms with E-state index in [-0.39, 0.29) is 24.8 Å². The lowest BCUT2D eigenvalue weighted by Gasteiger charge is -2.34. The third-order valence-electron chi connectivity index (χ3n) is 6.11. The van der Waals surface area contributed by atoms with E-state index in [2.05, 4.69) is 21.2 Å². The zero-order chi connectivity index (χ0) is 29.4. The highest BCUT2D eigenvalue weighted by atomic mass is 79.9. The summed E-state index contributed by atoms with van der Waals surface area (Å²) < 4.78 is 27.3. The van der Waals surface area contributed by atoms with Crippen LogP contribution in [0.4, 0.5) is 5.69 Å². The molecule has 0 saturated carbocycles. The monoisotopic (exact) mass is 667 g/mol. The van der Waals surface area contributed by atoms with E-state index in [1.54, 1.807) is 42.5 Å². The Hall–Kier alpha value is -2.59. The van der Waals surface area contributed by atoms with Gasteiger partial charge < -0.3 is 10.2 Å². The molecule has 40 heavy (non-hydrogen) atoms. The number of anilines is 1. The SMILES string of the molecule is CC(C)CNC(=O)[C@H](Cc1ccccc1)N(Cc1ccc(Cl)cc1Cl)C(=O)CN(c1ccccc1Br)S(C)(=O)=O. The first-order chi connectivity index (χ1) is 18.9. The summed E-state index contributed by atoms with van der Waals surface area (Å²) in [6, 6.07) is 20.1. The van der Waals surface area contributed by atoms with Gasteiger partial charge in [-0.25, -0.2) is 8.42 Å². The summed E-state index contributed by atoms with van der Waals surface area (Å²) in [7, 11) is -3.87. The fourth-order valence-corrected chi connectivity index (χ4v) is 6.00. The zero-order valence-corrected chi connectivity index (χ0v) is 26.4. The molecule has 0 radical (unpaired) electrons. The number of benzene rings is 3. The maximum Gasteiger partial charge on any atom is 0.244 e. The first kappa shape index (κ1) is 31.9. The molecule has 0 saturated heterocycles. The molecule has 0 fully saturated rings. The Balaban J connectivity index is 2.08. The maximum atomic E-state index is 14.1. The van der Waals surface area contributed by atoms with Crippen LogP contribution < -0.4 is 9.62 Å². The minimum atomic E-state index is -3.87. The van der Waals surface area contributed by atoms with Crippen LogP contribution in [0.25, 0.3) is 0 Å². The first-order valence-electron chi connectivity index (χ1n) is 12.6. The van der Waals surface area contributed by atoms with Gasteiger partial charge in [0.2, 0.25) is 21.8 Å². The second-order valence-electron chi connectivity index (χ2n) is 9.82. The fourth-order valence-electron chi connectivity index (χ4n) is 4.06. The minimum Gasteiger partial charge on any atom is -0.354 e. The van der Waals surface area contributed by atoms with E-state index in [4.69, 9.17) is 23.2 Å². The Morgan fingerprint density at radius 3 is 2.23 bits per heavy atom. The van der Waals surface area contributed by atoms with E-state index in [9.17, 15) is 18.0 Å². The molecular weight excluding hydrogens is 637 g/mol. The molecule has 0 aliphatic heterocycles. The summed E-state index contributed by atoms with van der Waals surface area (Å²) >= 11 is 16.0. The quantitative estimate of drug-likeness (QED) is 0.259. The number of carbonyl (C=O) groups excluding carboxylic acids is 2. The number of rotatable bonds is 12. The van der Waals surface area contributed by atoms with Crippen molar-refractivity contribution >= 4 is 66.7 Å². The van der Waals surface area contributed by atoms with E-state index < -0.39 is 28.5 Å². The molecule has 3 rings (SSSR count). The van der Waals surface area contributed by atoms with E-state index in [1.165, 1.54) is 4.90 Å². The van der Waals surface area contributed by atoms with Crippen LogP contribution in [0.5, 0.6) is 0 Å². The van der Waals surface area contributed by atoms with Gasteiger partial charge in [-0.1, -0.05) is 85.6 Å². The number of nitrogens with zero attached hydrogens (tertiary/aromatic N) is 2. The predicted molar refractivity (Wildman–Crippen MR) is 165 cm³/mol. The van der Waals surface area contributed by atoms with Gasteiger partial charge in [-0.05, 0) is 57.2 Å². The van der Waals surface area contributed by atoms with Gasteiger partial charge in [-0.15, -0.1) is 0 Å². The lowest BCUT2D eigenvalue weighted by molar-refractivity contribution is -0.140. The number of carbonyl (C=O) groups is 2. The summed E-state index contributed by atoms with van der Waals surface area (Å²) in [6.07, 6.45) is 1.26. The van der Waals surface area contributed by atoms with Gasteiger partial charge >= 0.3 is 0 Å². The van der Waals surface area contributed by atoms with Crippen molar-refractivity contribution in [3.63, 3.8) is 0 Å². The molecule has 0 spiro atoms. The largest absolute Gasteiger partial charge is 0.354 e. The standard InChI is InChI=1S/C29H32BrCl2N3O4S/c1-20(2)17-33-29(37)27(15-21-9-5-4-6-10-21)34(18-22-13-14-23(31)16-25(22)32)28(36)19-35(40(3,38)39)26-12-8-7-11-24(26)30/h4-14,16,20,27H,15,17-19H2,1-3H3,(H,33,37)/t27-/m0/s1. The molecule has 0 unspecified atom stereocenters. The molecular formula is C29H32BrCl2N3O4S. The highest BCUT2D eigenvalue weighted by Crippen LogP contribution is 2.29. The molecule has 2 amide bonds. The van der Waals surface area contributed by atoms with Crippen molar-refractivity contribution in [2.75, 3.05) is 23.7 Å². The van der Waals surface area contributed by atoms with Gasteiger partial charge in [-0.2, -0.15) is 0 Å². The van der Waals surface area contributed by atoms with Gasteiger partial charge in [0.05, 0.1) is 11.9 Å². The second-order valence-corrected chi connectivity index (χ2v) is 13.4. The van der Waals surface area contributed by atoms with Crippen LogP contribution in [0.2, 0.25) is 10.0 Å². The summed E-state index contributed by atoms with van der Waals surface area (Å²) in [5.74, 6) is -0.719. The molecule has 0 aromatic heterocycles. The molecule has 3 aromatic carbocycles. The van der Waals surface area contributed by atoms with Crippen LogP contribution in [-0.2, 0) is 32.6 Å². The number of amides is 2. The molecule has 7 nitrogen and oxygen atoms in total. The molecule has 1 atom stereocenters. The fraction of sp³-hybridized carbons (Fsp3) is 0.310. The van der Waals surface area contributed by atoms with E-state index >= 15 is 0 Å². The zero-order valence-electron chi connectivity index (χ0n) is 22.5. The number of halogens is 3. The number of sulfonamides is 1. The van der Waals surface area contributed by atoms with E-state index in [0.29, 0.717) is 32.3 Å². The van der Waals surface area contributed by atoms with Crippen molar-refractivity contribution in [2.24, 2.45) is 5.92 Å². The van der Waals surface area contributed by atoms with Crippen molar-refractivity contribution in [2.45, 2.75) is 32.9 Å². The lowest BCUT2D eigenvalue weighted by atomic mass is 10.0. The highest BCUT2D eigenvalue weighted by molar-refractivity contribution is 9.10. The van der Waals surface area contributed by atoms with Crippen LogP contribution >= 0.6 is 39.1 Å². The molecule has 214 valence electrons. The number of hydrogen-bond acceptors (Lipinski definition) is 4. The summed E-state index contributed by atoms with van der Waals surface area (Å²) in [4.78, 5) is 29.1. The van der Waals surface area contributed by atoms with Crippen molar-refractivity contribution in [1.29, 1.82) is 0 Å². The van der Waals surface area contributed by atoms with Gasteiger partial charge in [0, 0.05) is 34.0 Å². The average molecular weight is 669 g/mol. The van der Waals surface area contributed by atoms with E-state index in [1.807, 2.05) is 44.2 Å². The van der Waals surface area contributed by atoms with Crippen LogP contribution in [0.1, 0.15) is 25.0 Å². The van der Waals surface area contributed by atoms with Crippen molar-refractivity contribution in [1.82, 2.24) is 10.2 Å². The maximum absolute atomic E-state index is 14.1. The minimum absolute atomic E-state index is 0.0327. The first-order valence-corrected chi connectivity index (χ1v) is 16.0. The summed E-state index contributed by atoms with van der Waals surface area (Å²) in [6.45, 7) is 3.82. The third kappa shape index (κ3) is 8.96. The molecule has 0 heterocycles. The molecule has 3 aromatic rings. The summed E-state index contributed by atoms with van der Waals surface area (Å²) in [5, 5.41) is 3.71. The molecule has 0 aliphatic carbocycles. The Morgan fingerprint density at radius 1 is 0.975 bits per heavy atom. The van der Waals surface area contributed by atoms with Gasteiger partial charge in [0.25, 0.3) is 0 Å². The van der Waals surface area contributed by atoms with Gasteiger partial charge in [0.15, 0.2) is 0 Å². The average Bonchev–Trinajstić information content (AvgIpc) is 2.89. The smallest absolute Gasteiger partial charge is 0.244 e. The highest BCUT2D eigenvalue weighted by Gasteiger charge is 2.33. The van der Waals surface area contributed by atoms with Crippen LogP contribution in [0, 0.1) is 5.92 Å². The van der Waals surface area contributed by atoms with Crippen molar-refractivity contribution in [3.8, 4) is 0 Å². The molecule has 1 N–H and O–H groups in total. The second kappa shape index (κ2) is 14.3. The third-order valence-corrected chi connectivity index (χ3v) is 8.50. The molecule has 0 bridgehead atoms. The van der Waals surface area contributed by atoms with Crippen LogP contribution in [-0.4, -0.2) is 50.5 Å². The Morgan fingerprint density at radius 2 is 1.62 bits per heavy atom. The molecule has 0 aliphatic rings. The van der Waals surface area contributed by atoms with Gasteiger partial charge in [0.1, 0.15) is 12.6 Å². The number of para-hydroxylation sites is 1. The van der Waals surface area contributed by atoms with Crippen molar-refractivity contribution < 1.29 is 18.0 Å². The Kier molecular flexibility index (Phi) is 11.5. The number of nitrogens with one attached hydrogen (secondary N) is 1. The van der Waals surface area contributed by atoms with Crippen molar-refractivity contribution in [3.05, 3.63) is 98.4 Å². The lowest BCUT2D eigenvalue weighted by Crippen LogP contribution is -2.53. The molecule has 11 heteroatoms. The van der Waals surface area contributed by atoms with E-state index in [0.717, 1.165) is 16.1 Å². The topological polar surface area (TPSA) is 86.8 Å². The Labute approximate surface area is 254 Å². The van der Waals surface area contributed by atoms with Crippen LogP contribution in [0.15, 0.2) is 77.3 Å². The predicted octanol–water partition coefficient (Wildman–Crippen LogP) is 5.93. The Bertz CT molecular complexity index is 1440. The normalized spacial score (nSPS) is 12.2. The van der Waals surface area contributed by atoms with Crippen LogP contribution in [0.3, 0.4) is 0 Å².